The molecule has 0 atom stereocenters. The molecule has 0 radical (unpaired) electrons. The molecule has 0 aliphatic heterocycles. The molecule has 9 heteroatoms. The van der Waals surface area contributed by atoms with Crippen molar-refractivity contribution in [2.45, 2.75) is 36.9 Å². The Morgan fingerprint density at radius 1 is 1.44 bits per heavy atom. The maximum atomic E-state index is 11.7. The third-order valence-corrected chi connectivity index (χ3v) is 3.79. The molecule has 100 valence electrons. The average molecular weight is 271 g/mol. The summed E-state index contributed by atoms with van der Waals surface area (Å²) >= 11 is 1.23. The number of thioether (sulfide) groups is 1. The van der Waals surface area contributed by atoms with E-state index in [-0.39, 0.29) is 17.6 Å². The fourth-order valence-corrected chi connectivity index (χ4v) is 2.61. The second-order valence-corrected chi connectivity index (χ2v) is 5.10. The molecule has 2 rings (SSSR count). The summed E-state index contributed by atoms with van der Waals surface area (Å²) in [5.74, 6) is 11.4. The molecule has 0 aromatic carbocycles. The lowest BCUT2D eigenvalue weighted by Crippen LogP contribution is -2.34. The van der Waals surface area contributed by atoms with Crippen LogP contribution in [0.3, 0.4) is 0 Å². The van der Waals surface area contributed by atoms with Gasteiger partial charge in [0.25, 0.3) is 5.95 Å². The van der Waals surface area contributed by atoms with Crippen molar-refractivity contribution >= 4 is 23.6 Å². The van der Waals surface area contributed by atoms with Crippen molar-refractivity contribution in [3.63, 3.8) is 0 Å². The second kappa shape index (κ2) is 5.91. The molecule has 8 nitrogen and oxygen atoms in total. The molecular formula is C9H17N7OS. The molecule has 0 spiro atoms. The van der Waals surface area contributed by atoms with Crippen LogP contribution in [0.5, 0.6) is 0 Å². The van der Waals surface area contributed by atoms with Gasteiger partial charge >= 0.3 is 0 Å². The van der Waals surface area contributed by atoms with Gasteiger partial charge in [-0.2, -0.15) is 0 Å². The first-order chi connectivity index (χ1) is 8.70. The van der Waals surface area contributed by atoms with Crippen molar-refractivity contribution in [3.05, 3.63) is 0 Å². The predicted molar refractivity (Wildman–Crippen MR) is 69.1 cm³/mol. The Morgan fingerprint density at radius 2 is 2.17 bits per heavy atom. The van der Waals surface area contributed by atoms with Gasteiger partial charge in [0, 0.05) is 6.04 Å². The number of aromatic nitrogens is 3. The summed E-state index contributed by atoms with van der Waals surface area (Å²) in [6, 6.07) is 0.329. The van der Waals surface area contributed by atoms with E-state index in [0.717, 1.165) is 12.8 Å². The summed E-state index contributed by atoms with van der Waals surface area (Å²) in [6.45, 7) is 0. The highest BCUT2D eigenvalue weighted by molar-refractivity contribution is 7.99. The SMILES string of the molecule is NNc1nnc(SCC(=O)NC2CCCC2)n1N. The number of nitrogen functional groups attached to an aromatic ring is 2. The molecule has 0 unspecified atom stereocenters. The van der Waals surface area contributed by atoms with E-state index in [2.05, 4.69) is 20.9 Å². The lowest BCUT2D eigenvalue weighted by Gasteiger charge is -2.11. The van der Waals surface area contributed by atoms with Gasteiger partial charge in [-0.1, -0.05) is 24.6 Å². The molecule has 1 aliphatic rings. The number of carbonyl (C=O) groups is 1. The normalized spacial score (nSPS) is 15.8. The zero-order valence-corrected chi connectivity index (χ0v) is 10.7. The summed E-state index contributed by atoms with van der Waals surface area (Å²) in [5.41, 5.74) is 2.31. The molecule has 1 aliphatic carbocycles. The lowest BCUT2D eigenvalue weighted by molar-refractivity contribution is -0.119. The highest BCUT2D eigenvalue weighted by Crippen LogP contribution is 2.19. The molecular weight excluding hydrogens is 254 g/mol. The van der Waals surface area contributed by atoms with Gasteiger partial charge < -0.3 is 11.2 Å². The number of amides is 1. The molecule has 1 fully saturated rings. The zero-order chi connectivity index (χ0) is 13.0. The lowest BCUT2D eigenvalue weighted by atomic mass is 10.2. The van der Waals surface area contributed by atoms with E-state index in [1.807, 2.05) is 0 Å². The topological polar surface area (TPSA) is 124 Å². The van der Waals surface area contributed by atoms with Gasteiger partial charge in [0.15, 0.2) is 0 Å². The molecule has 0 saturated heterocycles. The first-order valence-electron chi connectivity index (χ1n) is 5.80. The van der Waals surface area contributed by atoms with E-state index >= 15 is 0 Å². The molecule has 0 bridgehead atoms. The minimum absolute atomic E-state index is 0.00263. The van der Waals surface area contributed by atoms with Crippen molar-refractivity contribution in [1.82, 2.24) is 20.2 Å². The Labute approximate surface area is 109 Å². The number of hydrogen-bond acceptors (Lipinski definition) is 7. The summed E-state index contributed by atoms with van der Waals surface area (Å²) in [4.78, 5) is 11.7. The van der Waals surface area contributed by atoms with Crippen LogP contribution < -0.4 is 22.4 Å². The first kappa shape index (κ1) is 13.0. The van der Waals surface area contributed by atoms with Gasteiger partial charge in [0.1, 0.15) is 0 Å². The Bertz CT molecular complexity index is 415. The first-order valence-corrected chi connectivity index (χ1v) is 6.78. The van der Waals surface area contributed by atoms with Gasteiger partial charge in [-0.15, -0.1) is 10.2 Å². The van der Waals surface area contributed by atoms with Gasteiger partial charge in [0.05, 0.1) is 5.75 Å². The summed E-state index contributed by atoms with van der Waals surface area (Å²) < 4.78 is 1.22. The van der Waals surface area contributed by atoms with Crippen LogP contribution in [0, 0.1) is 0 Å². The number of anilines is 1. The zero-order valence-electron chi connectivity index (χ0n) is 9.93. The van der Waals surface area contributed by atoms with E-state index in [4.69, 9.17) is 11.7 Å². The molecule has 1 amide bonds. The van der Waals surface area contributed by atoms with E-state index < -0.39 is 0 Å². The highest BCUT2D eigenvalue weighted by Gasteiger charge is 2.18. The third-order valence-electron chi connectivity index (χ3n) is 2.85. The Hall–Kier alpha value is -1.48. The Balaban J connectivity index is 1.79. The second-order valence-electron chi connectivity index (χ2n) is 4.16. The number of nitrogens with two attached hydrogens (primary N) is 2. The molecule has 1 saturated carbocycles. The maximum absolute atomic E-state index is 11.7. The van der Waals surface area contributed by atoms with Gasteiger partial charge in [-0.25, -0.2) is 10.5 Å². The van der Waals surface area contributed by atoms with Crippen molar-refractivity contribution < 1.29 is 4.79 Å². The largest absolute Gasteiger partial charge is 0.353 e. The quantitative estimate of drug-likeness (QED) is 0.321. The van der Waals surface area contributed by atoms with E-state index in [1.165, 1.54) is 29.3 Å². The van der Waals surface area contributed by atoms with Crippen LogP contribution in [0.4, 0.5) is 5.95 Å². The minimum atomic E-state index is -0.00263. The monoisotopic (exact) mass is 271 g/mol. The smallest absolute Gasteiger partial charge is 0.258 e. The number of nitrogens with one attached hydrogen (secondary N) is 2. The standard InChI is InChI=1S/C9H17N7OS/c10-13-8-14-15-9(16(8)11)18-5-7(17)12-6-3-1-2-4-6/h6H,1-5,10-11H2,(H,12,17)(H,13,14). The summed E-state index contributed by atoms with van der Waals surface area (Å²) in [6.07, 6.45) is 4.54. The molecule has 1 aromatic rings. The van der Waals surface area contributed by atoms with Gasteiger partial charge in [-0.3, -0.25) is 10.2 Å². The van der Waals surface area contributed by atoms with E-state index in [1.54, 1.807) is 0 Å². The number of carbonyl (C=O) groups excluding carboxylic acids is 1. The van der Waals surface area contributed by atoms with Crippen LogP contribution in [0.1, 0.15) is 25.7 Å². The maximum Gasteiger partial charge on any atom is 0.258 e. The van der Waals surface area contributed by atoms with Crippen molar-refractivity contribution in [2.24, 2.45) is 5.84 Å². The fourth-order valence-electron chi connectivity index (χ4n) is 1.94. The molecule has 6 N–H and O–H groups in total. The average Bonchev–Trinajstić information content (AvgIpc) is 2.97. The summed E-state index contributed by atoms with van der Waals surface area (Å²) in [5, 5.41) is 11.0. The Morgan fingerprint density at radius 3 is 2.78 bits per heavy atom. The van der Waals surface area contributed by atoms with Gasteiger partial charge in [-0.05, 0) is 12.8 Å². The van der Waals surface area contributed by atoms with Crippen molar-refractivity contribution in [1.29, 1.82) is 0 Å². The van der Waals surface area contributed by atoms with Crippen LogP contribution in [0.25, 0.3) is 0 Å². The number of hydrogen-bond donors (Lipinski definition) is 4. The predicted octanol–water partition coefficient (Wildman–Crippen LogP) is -0.572. The highest BCUT2D eigenvalue weighted by atomic mass is 32.2. The van der Waals surface area contributed by atoms with Gasteiger partial charge in [0.2, 0.25) is 11.1 Å². The number of nitrogens with zero attached hydrogens (tertiary/aromatic N) is 3. The van der Waals surface area contributed by atoms with E-state index in [0.29, 0.717) is 11.2 Å². The van der Waals surface area contributed by atoms with Crippen LogP contribution in [0.15, 0.2) is 5.16 Å². The van der Waals surface area contributed by atoms with Crippen LogP contribution >= 0.6 is 11.8 Å². The molecule has 1 aromatic heterocycles. The van der Waals surface area contributed by atoms with Crippen molar-refractivity contribution in [3.8, 4) is 0 Å². The Kier molecular flexibility index (Phi) is 4.26. The van der Waals surface area contributed by atoms with E-state index in [9.17, 15) is 4.79 Å². The minimum Gasteiger partial charge on any atom is -0.353 e. The molecule has 1 heterocycles. The third kappa shape index (κ3) is 3.05. The van der Waals surface area contributed by atoms with Crippen LogP contribution in [-0.2, 0) is 4.79 Å². The van der Waals surface area contributed by atoms with Crippen molar-refractivity contribution in [2.75, 3.05) is 17.0 Å². The summed E-state index contributed by atoms with van der Waals surface area (Å²) in [7, 11) is 0. The van der Waals surface area contributed by atoms with Crippen LogP contribution in [0.2, 0.25) is 0 Å². The fraction of sp³-hybridized carbons (Fsp3) is 0.667. The molecule has 18 heavy (non-hydrogen) atoms. The van der Waals surface area contributed by atoms with Crippen LogP contribution in [-0.4, -0.2) is 32.6 Å². The number of rotatable bonds is 5. The number of hydrazine groups is 1.